The van der Waals surface area contributed by atoms with Crippen LogP contribution in [-0.4, -0.2) is 21.1 Å². The van der Waals surface area contributed by atoms with Crippen LogP contribution in [0.4, 0.5) is 27.9 Å². The molecule has 0 atom stereocenters. The number of anilines is 1. The zero-order valence-electron chi connectivity index (χ0n) is 6.69. The van der Waals surface area contributed by atoms with Gasteiger partial charge in [-0.25, -0.2) is 0 Å². The summed E-state index contributed by atoms with van der Waals surface area (Å²) in [6.07, 6.45) is -5.82. The van der Waals surface area contributed by atoms with Crippen LogP contribution < -0.4 is 5.73 Å². The predicted octanol–water partition coefficient (Wildman–Crippen LogP) is 1.76. The molecule has 4 nitrogen and oxygen atoms in total. The smallest absolute Gasteiger partial charge is 0.368 e. The Morgan fingerprint density at radius 2 is 1.53 bits per heavy atom. The minimum atomic E-state index is -5.82. The molecule has 0 bridgehead atoms. The van der Waals surface area contributed by atoms with Gasteiger partial charge in [-0.2, -0.15) is 36.9 Å². The summed E-state index contributed by atoms with van der Waals surface area (Å²) in [5.41, 5.74) is 4.85. The van der Waals surface area contributed by atoms with E-state index in [0.717, 1.165) is 0 Å². The van der Waals surface area contributed by atoms with Crippen molar-refractivity contribution in [2.75, 3.05) is 5.73 Å². The normalized spacial score (nSPS) is 12.9. The highest BCUT2D eigenvalue weighted by molar-refractivity contribution is 6.28. The number of nitrogens with zero attached hydrogens (tertiary/aromatic N) is 3. The highest BCUT2D eigenvalue weighted by Crippen LogP contribution is 2.42. The largest absolute Gasteiger partial charge is 0.461 e. The van der Waals surface area contributed by atoms with Gasteiger partial charge >= 0.3 is 12.1 Å². The summed E-state index contributed by atoms with van der Waals surface area (Å²) < 4.78 is 60.8. The van der Waals surface area contributed by atoms with Gasteiger partial charge in [0, 0.05) is 0 Å². The summed E-state index contributed by atoms with van der Waals surface area (Å²) >= 11 is 5.06. The van der Waals surface area contributed by atoms with E-state index in [1.54, 1.807) is 0 Å². The van der Waals surface area contributed by atoms with Gasteiger partial charge in [-0.05, 0) is 11.6 Å². The van der Waals surface area contributed by atoms with E-state index < -0.39 is 29.2 Å². The SMILES string of the molecule is Nc1nc(Cl)nc(C(F)(F)C(F)(F)F)n1. The minimum Gasteiger partial charge on any atom is -0.368 e. The van der Waals surface area contributed by atoms with Crippen molar-refractivity contribution < 1.29 is 22.0 Å². The molecule has 0 aromatic carbocycles. The van der Waals surface area contributed by atoms with Crippen molar-refractivity contribution in [2.45, 2.75) is 12.1 Å². The Kier molecular flexibility index (Phi) is 2.68. The summed E-state index contributed by atoms with van der Waals surface area (Å²) in [4.78, 5) is 8.39. The van der Waals surface area contributed by atoms with Crippen LogP contribution in [0.5, 0.6) is 0 Å². The lowest BCUT2D eigenvalue weighted by atomic mass is 10.3. The maximum atomic E-state index is 12.6. The van der Waals surface area contributed by atoms with Crippen LogP contribution >= 0.6 is 11.6 Å². The number of alkyl halides is 5. The van der Waals surface area contributed by atoms with Gasteiger partial charge in [-0.3, -0.25) is 0 Å². The van der Waals surface area contributed by atoms with Gasteiger partial charge in [0.05, 0.1) is 0 Å². The first-order valence-electron chi connectivity index (χ1n) is 3.26. The third kappa shape index (κ3) is 2.22. The monoisotopic (exact) mass is 248 g/mol. The number of hydrogen-bond donors (Lipinski definition) is 1. The predicted molar refractivity (Wildman–Crippen MR) is 39.2 cm³/mol. The molecule has 2 N–H and O–H groups in total. The Balaban J connectivity index is 3.27. The second kappa shape index (κ2) is 3.40. The third-order valence-electron chi connectivity index (χ3n) is 1.26. The second-order valence-electron chi connectivity index (χ2n) is 2.36. The van der Waals surface area contributed by atoms with Crippen molar-refractivity contribution in [3.05, 3.63) is 11.1 Å². The van der Waals surface area contributed by atoms with Crippen LogP contribution in [0.25, 0.3) is 0 Å². The Morgan fingerprint density at radius 1 is 1.00 bits per heavy atom. The highest BCUT2D eigenvalue weighted by atomic mass is 35.5. The molecule has 15 heavy (non-hydrogen) atoms. The molecule has 0 aliphatic rings. The van der Waals surface area contributed by atoms with E-state index in [2.05, 4.69) is 15.0 Å². The fraction of sp³-hybridized carbons (Fsp3) is 0.400. The zero-order valence-corrected chi connectivity index (χ0v) is 7.44. The average Bonchev–Trinajstić information content (AvgIpc) is 1.99. The van der Waals surface area contributed by atoms with Gasteiger partial charge in [0.25, 0.3) is 0 Å². The number of nitrogen functional groups attached to an aromatic ring is 1. The van der Waals surface area contributed by atoms with Gasteiger partial charge in [-0.1, -0.05) is 0 Å². The Labute approximate surface area is 84.3 Å². The van der Waals surface area contributed by atoms with Crippen molar-refractivity contribution in [1.82, 2.24) is 15.0 Å². The molecule has 1 aromatic heterocycles. The molecule has 0 spiro atoms. The number of hydrogen-bond acceptors (Lipinski definition) is 4. The van der Waals surface area contributed by atoms with Crippen LogP contribution in [0.3, 0.4) is 0 Å². The topological polar surface area (TPSA) is 64.7 Å². The van der Waals surface area contributed by atoms with Crippen LogP contribution in [0.1, 0.15) is 5.82 Å². The molecule has 0 aliphatic heterocycles. The van der Waals surface area contributed by atoms with Crippen molar-refractivity contribution in [3.8, 4) is 0 Å². The lowest BCUT2D eigenvalue weighted by Gasteiger charge is -2.17. The van der Waals surface area contributed by atoms with Crippen molar-refractivity contribution in [2.24, 2.45) is 0 Å². The third-order valence-corrected chi connectivity index (χ3v) is 1.43. The molecule has 0 saturated heterocycles. The maximum absolute atomic E-state index is 12.6. The standard InChI is InChI=1S/C5H2ClF5N4/c6-2-13-1(14-3(12)15-2)4(7,8)5(9,10)11/h(H2,12,13,14,15). The molecule has 1 heterocycles. The van der Waals surface area contributed by atoms with E-state index in [9.17, 15) is 22.0 Å². The summed E-state index contributed by atoms with van der Waals surface area (Å²) in [7, 11) is 0. The summed E-state index contributed by atoms with van der Waals surface area (Å²) in [5, 5.41) is -0.832. The van der Waals surface area contributed by atoms with E-state index in [4.69, 9.17) is 17.3 Å². The first kappa shape index (κ1) is 11.8. The van der Waals surface area contributed by atoms with E-state index >= 15 is 0 Å². The molecule has 0 aliphatic carbocycles. The van der Waals surface area contributed by atoms with Crippen molar-refractivity contribution in [3.63, 3.8) is 0 Å². The minimum absolute atomic E-state index is 0.811. The molecular weight excluding hydrogens is 247 g/mol. The first-order chi connectivity index (χ1) is 6.64. The molecule has 84 valence electrons. The number of halogens is 6. The summed E-state index contributed by atoms with van der Waals surface area (Å²) in [6.45, 7) is 0. The van der Waals surface area contributed by atoms with Gasteiger partial charge in [0.2, 0.25) is 17.1 Å². The molecule has 10 heteroatoms. The lowest BCUT2D eigenvalue weighted by molar-refractivity contribution is -0.292. The van der Waals surface area contributed by atoms with Gasteiger partial charge in [0.1, 0.15) is 0 Å². The number of rotatable bonds is 1. The van der Waals surface area contributed by atoms with E-state index in [1.165, 1.54) is 0 Å². The number of aromatic nitrogens is 3. The summed E-state index contributed by atoms with van der Waals surface area (Å²) in [6, 6.07) is 0. The fourth-order valence-corrected chi connectivity index (χ4v) is 0.799. The molecule has 0 radical (unpaired) electrons. The Hall–Kier alpha value is -1.25. The highest BCUT2D eigenvalue weighted by Gasteiger charge is 2.61. The second-order valence-corrected chi connectivity index (χ2v) is 2.70. The quantitative estimate of drug-likeness (QED) is 0.769. The van der Waals surface area contributed by atoms with Gasteiger partial charge in [-0.15, -0.1) is 0 Å². The molecule has 1 rings (SSSR count). The molecule has 0 fully saturated rings. The first-order valence-corrected chi connectivity index (χ1v) is 3.64. The molecule has 0 saturated carbocycles. The average molecular weight is 249 g/mol. The fourth-order valence-electron chi connectivity index (χ4n) is 0.633. The molecular formula is C5H2ClF5N4. The van der Waals surface area contributed by atoms with E-state index in [1.807, 2.05) is 0 Å². The lowest BCUT2D eigenvalue weighted by Crippen LogP contribution is -2.35. The summed E-state index contributed by atoms with van der Waals surface area (Å²) in [5.74, 6) is -7.85. The van der Waals surface area contributed by atoms with Crippen molar-refractivity contribution in [1.29, 1.82) is 0 Å². The van der Waals surface area contributed by atoms with Gasteiger partial charge < -0.3 is 5.73 Å². The van der Waals surface area contributed by atoms with Crippen molar-refractivity contribution >= 4 is 17.5 Å². The van der Waals surface area contributed by atoms with Crippen LogP contribution in [0, 0.1) is 0 Å². The Bertz CT molecular complexity index is 358. The van der Waals surface area contributed by atoms with Crippen LogP contribution in [-0.2, 0) is 5.92 Å². The Morgan fingerprint density at radius 3 is 1.93 bits per heavy atom. The zero-order chi connectivity index (χ0) is 11.9. The van der Waals surface area contributed by atoms with E-state index in [0.29, 0.717) is 0 Å². The molecule has 0 unspecified atom stereocenters. The molecule has 0 amide bonds. The van der Waals surface area contributed by atoms with Crippen LogP contribution in [0.2, 0.25) is 5.28 Å². The van der Waals surface area contributed by atoms with Crippen LogP contribution in [0.15, 0.2) is 0 Å². The number of nitrogens with two attached hydrogens (primary N) is 1. The van der Waals surface area contributed by atoms with E-state index in [-0.39, 0.29) is 0 Å². The molecule has 1 aromatic rings. The maximum Gasteiger partial charge on any atom is 0.461 e. The van der Waals surface area contributed by atoms with Gasteiger partial charge in [0.15, 0.2) is 0 Å².